The molecule has 0 aliphatic heterocycles. The van der Waals surface area contributed by atoms with Gasteiger partial charge in [0.1, 0.15) is 22.8 Å². The third-order valence-electron chi connectivity index (χ3n) is 6.04. The SMILES string of the molecule is CC(OC(=O)C1(C(=O)O)CC1)c1cnc(-c2nn(Cc3ccccc3F)c3ncccc23)nc1Cl. The van der Waals surface area contributed by atoms with E-state index in [2.05, 4.69) is 20.1 Å². The largest absolute Gasteiger partial charge is 0.480 e. The van der Waals surface area contributed by atoms with E-state index in [0.29, 0.717) is 27.9 Å². The lowest BCUT2D eigenvalue weighted by atomic mass is 10.1. The Labute approximate surface area is 203 Å². The van der Waals surface area contributed by atoms with Crippen molar-refractivity contribution in [3.8, 4) is 11.5 Å². The van der Waals surface area contributed by atoms with Gasteiger partial charge in [0, 0.05) is 23.5 Å². The Morgan fingerprint density at radius 1 is 1.23 bits per heavy atom. The number of ether oxygens (including phenoxy) is 1. The molecule has 5 rings (SSSR count). The number of carboxylic acid groups (broad SMARTS) is 1. The molecule has 35 heavy (non-hydrogen) atoms. The number of hydrogen-bond donors (Lipinski definition) is 1. The van der Waals surface area contributed by atoms with Gasteiger partial charge >= 0.3 is 11.9 Å². The average Bonchev–Trinajstić information content (AvgIpc) is 3.58. The molecule has 4 aromatic rings. The van der Waals surface area contributed by atoms with Crippen molar-refractivity contribution in [3.05, 3.63) is 70.9 Å². The van der Waals surface area contributed by atoms with E-state index in [1.807, 2.05) is 0 Å². The van der Waals surface area contributed by atoms with Crippen molar-refractivity contribution < 1.29 is 23.8 Å². The monoisotopic (exact) mass is 495 g/mol. The van der Waals surface area contributed by atoms with Crippen molar-refractivity contribution in [1.82, 2.24) is 24.7 Å². The molecule has 11 heteroatoms. The zero-order chi connectivity index (χ0) is 24.7. The molecule has 1 aliphatic rings. The molecule has 1 aromatic carbocycles. The third kappa shape index (κ3) is 4.10. The minimum atomic E-state index is -1.47. The van der Waals surface area contributed by atoms with Crippen LogP contribution in [0.1, 0.15) is 37.0 Å². The Morgan fingerprint density at radius 3 is 2.69 bits per heavy atom. The van der Waals surface area contributed by atoms with Crippen LogP contribution in [0.2, 0.25) is 5.15 Å². The molecule has 9 nitrogen and oxygen atoms in total. The number of hydrogen-bond acceptors (Lipinski definition) is 7. The van der Waals surface area contributed by atoms with E-state index < -0.39 is 23.5 Å². The zero-order valence-corrected chi connectivity index (χ0v) is 19.2. The maximum absolute atomic E-state index is 14.2. The molecule has 1 atom stereocenters. The highest BCUT2D eigenvalue weighted by Gasteiger charge is 2.59. The predicted octanol–water partition coefficient (Wildman–Crippen LogP) is 4.20. The normalized spacial score (nSPS) is 15.1. The lowest BCUT2D eigenvalue weighted by molar-refractivity contribution is -0.164. The third-order valence-corrected chi connectivity index (χ3v) is 6.34. The molecule has 178 valence electrons. The molecule has 3 heterocycles. The van der Waals surface area contributed by atoms with Crippen molar-refractivity contribution in [3.63, 3.8) is 0 Å². The number of halogens is 2. The fourth-order valence-electron chi connectivity index (χ4n) is 3.80. The molecule has 1 N–H and O–H groups in total. The van der Waals surface area contributed by atoms with Crippen LogP contribution in [0, 0.1) is 11.2 Å². The Bertz CT molecular complexity index is 1470. The summed E-state index contributed by atoms with van der Waals surface area (Å²) >= 11 is 6.40. The molecule has 3 aromatic heterocycles. The van der Waals surface area contributed by atoms with Crippen molar-refractivity contribution in [2.75, 3.05) is 0 Å². The number of fused-ring (bicyclic) bond motifs is 1. The summed E-state index contributed by atoms with van der Waals surface area (Å²) in [5, 5.41) is 14.6. The number of aliphatic carboxylic acids is 1. The topological polar surface area (TPSA) is 120 Å². The number of nitrogens with zero attached hydrogens (tertiary/aromatic N) is 5. The Morgan fingerprint density at radius 2 is 2.00 bits per heavy atom. The summed E-state index contributed by atoms with van der Waals surface area (Å²) < 4.78 is 21.1. The van der Waals surface area contributed by atoms with E-state index in [0.717, 1.165) is 0 Å². The summed E-state index contributed by atoms with van der Waals surface area (Å²) in [6.07, 6.45) is 2.67. The van der Waals surface area contributed by atoms with E-state index in [4.69, 9.17) is 16.3 Å². The lowest BCUT2D eigenvalue weighted by Gasteiger charge is -2.17. The Hall–Kier alpha value is -3.92. The number of aromatic nitrogens is 5. The molecule has 0 spiro atoms. The van der Waals surface area contributed by atoms with Gasteiger partial charge in [-0.05, 0) is 38.0 Å². The van der Waals surface area contributed by atoms with Crippen molar-refractivity contribution in [1.29, 1.82) is 0 Å². The first kappa shape index (κ1) is 22.9. The zero-order valence-electron chi connectivity index (χ0n) is 18.5. The van der Waals surface area contributed by atoms with Crippen LogP contribution in [0.5, 0.6) is 0 Å². The van der Waals surface area contributed by atoms with Crippen molar-refractivity contribution >= 4 is 34.6 Å². The van der Waals surface area contributed by atoms with Gasteiger partial charge in [-0.1, -0.05) is 29.8 Å². The quantitative estimate of drug-likeness (QED) is 0.230. The van der Waals surface area contributed by atoms with Gasteiger partial charge in [0.25, 0.3) is 0 Å². The van der Waals surface area contributed by atoms with Crippen LogP contribution in [0.15, 0.2) is 48.8 Å². The molecule has 1 unspecified atom stereocenters. The summed E-state index contributed by atoms with van der Waals surface area (Å²) in [6, 6.07) is 9.97. The highest BCUT2D eigenvalue weighted by atomic mass is 35.5. The molecule has 0 amide bonds. The second-order valence-corrected chi connectivity index (χ2v) is 8.70. The van der Waals surface area contributed by atoms with Crippen LogP contribution < -0.4 is 0 Å². The van der Waals surface area contributed by atoms with Gasteiger partial charge in [-0.2, -0.15) is 5.10 Å². The van der Waals surface area contributed by atoms with Crippen molar-refractivity contribution in [2.24, 2.45) is 5.41 Å². The smallest absolute Gasteiger partial charge is 0.324 e. The minimum Gasteiger partial charge on any atom is -0.480 e. The molecule has 0 saturated heterocycles. The van der Waals surface area contributed by atoms with Crippen LogP contribution >= 0.6 is 11.6 Å². The van der Waals surface area contributed by atoms with Crippen LogP contribution in [0.4, 0.5) is 4.39 Å². The summed E-state index contributed by atoms with van der Waals surface area (Å²) in [6.45, 7) is 1.73. The van der Waals surface area contributed by atoms with E-state index >= 15 is 0 Å². The standard InChI is InChI=1S/C24H19ClFN5O4/c1-13(35-23(34)24(8-9-24)22(32)33)16-11-28-20(29-19(16)25)18-15-6-4-10-27-21(15)31(30-18)12-14-5-2-3-7-17(14)26/h2-7,10-11,13H,8-9,12H2,1H3,(H,32,33). The maximum Gasteiger partial charge on any atom is 0.324 e. The summed E-state index contributed by atoms with van der Waals surface area (Å²) in [4.78, 5) is 36.8. The lowest BCUT2D eigenvalue weighted by Crippen LogP contribution is -2.28. The highest BCUT2D eigenvalue weighted by molar-refractivity contribution is 6.30. The van der Waals surface area contributed by atoms with Gasteiger partial charge < -0.3 is 9.84 Å². The van der Waals surface area contributed by atoms with Gasteiger partial charge in [-0.15, -0.1) is 0 Å². The number of carboxylic acids is 1. The van der Waals surface area contributed by atoms with E-state index in [1.165, 1.54) is 12.3 Å². The Kier molecular flexibility index (Phi) is 5.68. The predicted molar refractivity (Wildman–Crippen MR) is 123 cm³/mol. The number of carbonyl (C=O) groups is 2. The number of benzene rings is 1. The van der Waals surface area contributed by atoms with Crippen molar-refractivity contribution in [2.45, 2.75) is 32.4 Å². The molecule has 1 aliphatic carbocycles. The van der Waals surface area contributed by atoms with Gasteiger partial charge in [0.2, 0.25) is 0 Å². The summed E-state index contributed by atoms with van der Waals surface area (Å²) in [5.41, 5.74) is 0.246. The second-order valence-electron chi connectivity index (χ2n) is 8.35. The fourth-order valence-corrected chi connectivity index (χ4v) is 4.08. The van der Waals surface area contributed by atoms with E-state index in [9.17, 15) is 19.1 Å². The molecule has 1 fully saturated rings. The number of pyridine rings is 1. The maximum atomic E-state index is 14.2. The first-order valence-electron chi connectivity index (χ1n) is 10.8. The highest BCUT2D eigenvalue weighted by Crippen LogP contribution is 2.48. The fraction of sp³-hybridized carbons (Fsp3) is 0.250. The molecular formula is C24H19ClFN5O4. The summed E-state index contributed by atoms with van der Waals surface area (Å²) in [5.74, 6) is -2.14. The van der Waals surface area contributed by atoms with Crippen LogP contribution in [0.3, 0.4) is 0 Å². The van der Waals surface area contributed by atoms with Gasteiger partial charge in [-0.3, -0.25) is 9.59 Å². The van der Waals surface area contributed by atoms with Gasteiger partial charge in [0.05, 0.1) is 11.9 Å². The molecule has 0 bridgehead atoms. The van der Waals surface area contributed by atoms with Crippen LogP contribution in [-0.4, -0.2) is 41.8 Å². The minimum absolute atomic E-state index is 0.0381. The molecular weight excluding hydrogens is 477 g/mol. The summed E-state index contributed by atoms with van der Waals surface area (Å²) in [7, 11) is 0. The Balaban J connectivity index is 1.45. The van der Waals surface area contributed by atoms with Crippen LogP contribution in [-0.2, 0) is 20.9 Å². The number of esters is 1. The average molecular weight is 496 g/mol. The number of rotatable bonds is 7. The van der Waals surface area contributed by atoms with E-state index in [-0.39, 0.29) is 36.2 Å². The van der Waals surface area contributed by atoms with Gasteiger partial charge in [0.15, 0.2) is 16.9 Å². The number of carbonyl (C=O) groups excluding carboxylic acids is 1. The van der Waals surface area contributed by atoms with Crippen LogP contribution in [0.25, 0.3) is 22.6 Å². The first-order chi connectivity index (χ1) is 16.8. The molecule has 1 saturated carbocycles. The second kappa shape index (κ2) is 8.70. The van der Waals surface area contributed by atoms with Gasteiger partial charge in [-0.25, -0.2) is 24.0 Å². The first-order valence-corrected chi connectivity index (χ1v) is 11.2. The molecule has 0 radical (unpaired) electrons. The van der Waals surface area contributed by atoms with E-state index in [1.54, 1.807) is 48.1 Å².